The summed E-state index contributed by atoms with van der Waals surface area (Å²) in [7, 11) is -3.38. The van der Waals surface area contributed by atoms with E-state index >= 15 is 0 Å². The third-order valence-electron chi connectivity index (χ3n) is 3.99. The third-order valence-corrected chi connectivity index (χ3v) is 5.41. The Morgan fingerprint density at radius 3 is 3.00 bits per heavy atom. The van der Waals surface area contributed by atoms with Crippen LogP contribution in [-0.4, -0.2) is 49.2 Å². The summed E-state index contributed by atoms with van der Waals surface area (Å²) in [5.41, 5.74) is 6.61. The van der Waals surface area contributed by atoms with E-state index in [2.05, 4.69) is 14.9 Å². The highest BCUT2D eigenvalue weighted by molar-refractivity contribution is 7.89. The van der Waals surface area contributed by atoms with Crippen LogP contribution in [0, 0.1) is 0 Å². The zero-order chi connectivity index (χ0) is 17.3. The highest BCUT2D eigenvalue weighted by Gasteiger charge is 2.33. The molecule has 8 nitrogen and oxygen atoms in total. The van der Waals surface area contributed by atoms with Crippen molar-refractivity contribution < 1.29 is 17.9 Å². The summed E-state index contributed by atoms with van der Waals surface area (Å²) in [6, 6.07) is 3.06. The lowest BCUT2D eigenvalue weighted by Crippen LogP contribution is -2.52. The van der Waals surface area contributed by atoms with Gasteiger partial charge in [-0.05, 0) is 32.4 Å². The first kappa shape index (κ1) is 17.0. The average molecular weight is 354 g/mol. The molecule has 2 heterocycles. The van der Waals surface area contributed by atoms with E-state index in [1.54, 1.807) is 13.1 Å². The third kappa shape index (κ3) is 3.47. The fraction of sp³-hybridized carbons (Fsp3) is 0.533. The zero-order valence-corrected chi connectivity index (χ0v) is 14.5. The molecule has 0 aliphatic carbocycles. The van der Waals surface area contributed by atoms with Gasteiger partial charge >= 0.3 is 0 Å². The van der Waals surface area contributed by atoms with Crippen LogP contribution in [-0.2, 0) is 10.0 Å². The molecule has 0 saturated heterocycles. The maximum Gasteiger partial charge on any atom is 0.211 e. The number of sulfonamides is 1. The Bertz CT molecular complexity index is 818. The monoisotopic (exact) mass is 354 g/mol. The van der Waals surface area contributed by atoms with E-state index in [0.717, 1.165) is 10.9 Å². The summed E-state index contributed by atoms with van der Waals surface area (Å²) in [6.07, 6.45) is 1.67. The number of hydrogen-bond acceptors (Lipinski definition) is 6. The van der Waals surface area contributed by atoms with E-state index < -0.39 is 22.2 Å². The molecule has 0 amide bonds. The van der Waals surface area contributed by atoms with Gasteiger partial charge in [0.25, 0.3) is 0 Å². The predicted octanol–water partition coefficient (Wildman–Crippen LogP) is 0.748. The summed E-state index contributed by atoms with van der Waals surface area (Å²) < 4.78 is 38.5. The lowest BCUT2D eigenvalue weighted by Gasteiger charge is -2.33. The number of rotatable bonds is 6. The van der Waals surface area contributed by atoms with E-state index in [1.807, 2.05) is 19.1 Å². The van der Waals surface area contributed by atoms with Crippen LogP contribution in [0.3, 0.4) is 0 Å². The van der Waals surface area contributed by atoms with Gasteiger partial charge in [0.05, 0.1) is 18.0 Å². The van der Waals surface area contributed by atoms with Crippen LogP contribution < -0.4 is 19.9 Å². The fourth-order valence-electron chi connectivity index (χ4n) is 2.74. The molecular formula is C15H22N4O4S. The first-order valence-electron chi connectivity index (χ1n) is 7.90. The number of ether oxygens (including phenoxy) is 2. The molecule has 4 N–H and O–H groups in total. The van der Waals surface area contributed by atoms with Crippen molar-refractivity contribution >= 4 is 20.9 Å². The SMILES string of the molecule is CCS(=O)(=O)NC(CC(C)N)[C@H]1COc2ccc3cn[nH]c3c2O1. The van der Waals surface area contributed by atoms with Gasteiger partial charge < -0.3 is 15.2 Å². The highest BCUT2D eigenvalue weighted by Crippen LogP contribution is 2.38. The molecule has 1 aromatic carbocycles. The topological polar surface area (TPSA) is 119 Å². The van der Waals surface area contributed by atoms with Crippen LogP contribution in [0.25, 0.3) is 10.9 Å². The smallest absolute Gasteiger partial charge is 0.211 e. The lowest BCUT2D eigenvalue weighted by molar-refractivity contribution is 0.0659. The zero-order valence-electron chi connectivity index (χ0n) is 13.7. The maximum absolute atomic E-state index is 12.0. The number of nitrogens with two attached hydrogens (primary N) is 1. The number of H-pyrrole nitrogens is 1. The Labute approximate surface area is 140 Å². The molecule has 9 heteroatoms. The molecule has 0 fully saturated rings. The van der Waals surface area contributed by atoms with E-state index in [0.29, 0.717) is 17.9 Å². The Balaban J connectivity index is 1.88. The number of fused-ring (bicyclic) bond motifs is 3. The minimum Gasteiger partial charge on any atom is -0.486 e. The molecule has 2 aromatic rings. The van der Waals surface area contributed by atoms with Gasteiger partial charge in [0.15, 0.2) is 11.5 Å². The second kappa shape index (κ2) is 6.58. The molecule has 3 atom stereocenters. The molecular weight excluding hydrogens is 332 g/mol. The van der Waals surface area contributed by atoms with Gasteiger partial charge in [-0.3, -0.25) is 5.10 Å². The Kier molecular flexibility index (Phi) is 4.66. The van der Waals surface area contributed by atoms with Gasteiger partial charge in [0.1, 0.15) is 18.2 Å². The van der Waals surface area contributed by atoms with Gasteiger partial charge in [-0.25, -0.2) is 13.1 Å². The molecule has 132 valence electrons. The summed E-state index contributed by atoms with van der Waals surface area (Å²) in [5, 5.41) is 7.80. The molecule has 2 unspecified atom stereocenters. The number of nitrogens with one attached hydrogen (secondary N) is 2. The number of aromatic nitrogens is 2. The van der Waals surface area contributed by atoms with Crippen molar-refractivity contribution in [3.63, 3.8) is 0 Å². The quantitative estimate of drug-likeness (QED) is 0.704. The second-order valence-corrected chi connectivity index (χ2v) is 8.08. The van der Waals surface area contributed by atoms with E-state index in [4.69, 9.17) is 15.2 Å². The Hall–Kier alpha value is -1.84. The molecule has 1 aliphatic rings. The van der Waals surface area contributed by atoms with Crippen molar-refractivity contribution in [3.05, 3.63) is 18.3 Å². The van der Waals surface area contributed by atoms with Crippen molar-refractivity contribution in [3.8, 4) is 11.5 Å². The van der Waals surface area contributed by atoms with Crippen molar-refractivity contribution in [1.29, 1.82) is 0 Å². The number of benzene rings is 1. The number of nitrogens with zero attached hydrogens (tertiary/aromatic N) is 1. The summed E-state index contributed by atoms with van der Waals surface area (Å²) >= 11 is 0. The summed E-state index contributed by atoms with van der Waals surface area (Å²) in [5.74, 6) is 1.16. The minimum absolute atomic E-state index is 0.00257. The standard InChI is InChI=1S/C15H22N4O4S/c1-3-24(20,21)19-11(6-9(2)16)13-8-22-12-5-4-10-7-17-18-14(10)15(12)23-13/h4-5,7,9,11,13,19H,3,6,8,16H2,1-2H3,(H,17,18)/t9?,11?,13-/m1/s1. The highest BCUT2D eigenvalue weighted by atomic mass is 32.2. The van der Waals surface area contributed by atoms with Gasteiger partial charge in [-0.1, -0.05) is 0 Å². The van der Waals surface area contributed by atoms with Gasteiger partial charge in [-0.15, -0.1) is 0 Å². The van der Waals surface area contributed by atoms with Crippen LogP contribution in [0.5, 0.6) is 11.5 Å². The lowest BCUT2D eigenvalue weighted by atomic mass is 10.0. The molecule has 0 spiro atoms. The van der Waals surface area contributed by atoms with Crippen LogP contribution in [0.4, 0.5) is 0 Å². The maximum atomic E-state index is 12.0. The van der Waals surface area contributed by atoms with Crippen LogP contribution in [0.1, 0.15) is 20.3 Å². The number of hydrogen-bond donors (Lipinski definition) is 3. The predicted molar refractivity (Wildman–Crippen MR) is 90.7 cm³/mol. The van der Waals surface area contributed by atoms with Gasteiger partial charge in [0, 0.05) is 11.4 Å². The summed E-state index contributed by atoms with van der Waals surface area (Å²) in [6.45, 7) is 3.67. The fourth-order valence-corrected chi connectivity index (χ4v) is 3.62. The van der Waals surface area contributed by atoms with Crippen molar-refractivity contribution in [2.75, 3.05) is 12.4 Å². The first-order chi connectivity index (χ1) is 11.4. The molecule has 0 radical (unpaired) electrons. The van der Waals surface area contributed by atoms with Crippen LogP contribution in [0.2, 0.25) is 0 Å². The van der Waals surface area contributed by atoms with Crippen molar-refractivity contribution in [1.82, 2.24) is 14.9 Å². The molecule has 1 aromatic heterocycles. The Morgan fingerprint density at radius 2 is 2.29 bits per heavy atom. The largest absolute Gasteiger partial charge is 0.486 e. The average Bonchev–Trinajstić information content (AvgIpc) is 3.02. The van der Waals surface area contributed by atoms with E-state index in [1.165, 1.54) is 0 Å². The summed E-state index contributed by atoms with van der Waals surface area (Å²) in [4.78, 5) is 0. The molecule has 24 heavy (non-hydrogen) atoms. The van der Waals surface area contributed by atoms with Crippen molar-refractivity contribution in [2.24, 2.45) is 5.73 Å². The van der Waals surface area contributed by atoms with E-state index in [9.17, 15) is 8.42 Å². The first-order valence-corrected chi connectivity index (χ1v) is 9.56. The van der Waals surface area contributed by atoms with Crippen molar-refractivity contribution in [2.45, 2.75) is 38.5 Å². The van der Waals surface area contributed by atoms with Gasteiger partial charge in [0.2, 0.25) is 10.0 Å². The Morgan fingerprint density at radius 1 is 1.50 bits per heavy atom. The molecule has 0 saturated carbocycles. The van der Waals surface area contributed by atoms with Crippen LogP contribution >= 0.6 is 0 Å². The van der Waals surface area contributed by atoms with E-state index in [-0.39, 0.29) is 18.4 Å². The molecule has 3 rings (SSSR count). The molecule has 1 aliphatic heterocycles. The van der Waals surface area contributed by atoms with Crippen LogP contribution in [0.15, 0.2) is 18.3 Å². The normalized spacial score (nSPS) is 20.0. The molecule has 0 bridgehead atoms. The number of aromatic amines is 1. The minimum atomic E-state index is -3.38. The van der Waals surface area contributed by atoms with Gasteiger partial charge in [-0.2, -0.15) is 5.10 Å². The second-order valence-electron chi connectivity index (χ2n) is 6.04.